The summed E-state index contributed by atoms with van der Waals surface area (Å²) in [5, 5.41) is 2.18. The van der Waals surface area contributed by atoms with Crippen molar-refractivity contribution in [2.45, 2.75) is 13.8 Å². The Morgan fingerprint density at radius 3 is 2.93 bits per heavy atom. The minimum Gasteiger partial charge on any atom is -0.484 e. The van der Waals surface area contributed by atoms with E-state index in [2.05, 4.69) is 6.07 Å². The van der Waals surface area contributed by atoms with E-state index < -0.39 is 0 Å². The molecule has 0 radical (unpaired) electrons. The van der Waals surface area contributed by atoms with Crippen LogP contribution in [-0.2, 0) is 0 Å². The Morgan fingerprint density at radius 2 is 2.21 bits per heavy atom. The van der Waals surface area contributed by atoms with Gasteiger partial charge in [0.15, 0.2) is 5.06 Å². The molecule has 3 heteroatoms. The van der Waals surface area contributed by atoms with Crippen molar-refractivity contribution in [3.05, 3.63) is 23.8 Å². The summed E-state index contributed by atoms with van der Waals surface area (Å²) in [5.74, 6) is 0. The summed E-state index contributed by atoms with van der Waals surface area (Å²) in [6, 6.07) is 6.05. The Kier molecular flexibility index (Phi) is 2.33. The minimum absolute atomic E-state index is 0.710. The number of nitrogen functional groups attached to an aromatic ring is 1. The zero-order valence-electron chi connectivity index (χ0n) is 8.33. The highest BCUT2D eigenvalue weighted by Gasteiger charge is 2.06. The summed E-state index contributed by atoms with van der Waals surface area (Å²) in [5.41, 5.74) is 7.84. The monoisotopic (exact) mass is 207 g/mol. The van der Waals surface area contributed by atoms with Gasteiger partial charge >= 0.3 is 0 Å². The van der Waals surface area contributed by atoms with Crippen LogP contribution in [0.15, 0.2) is 18.2 Å². The second-order valence-electron chi connectivity index (χ2n) is 3.20. The maximum Gasteiger partial charge on any atom is 0.174 e. The lowest BCUT2D eigenvalue weighted by molar-refractivity contribution is 0.350. The molecule has 1 heterocycles. The molecule has 74 valence electrons. The van der Waals surface area contributed by atoms with E-state index in [1.165, 1.54) is 10.1 Å². The molecule has 0 amide bonds. The van der Waals surface area contributed by atoms with Crippen molar-refractivity contribution in [3.8, 4) is 5.06 Å². The van der Waals surface area contributed by atoms with E-state index in [1.807, 2.05) is 26.0 Å². The number of benzene rings is 1. The fourth-order valence-electron chi connectivity index (χ4n) is 1.45. The Morgan fingerprint density at radius 1 is 1.43 bits per heavy atom. The Balaban J connectivity index is 2.59. The zero-order valence-corrected chi connectivity index (χ0v) is 9.15. The summed E-state index contributed by atoms with van der Waals surface area (Å²) in [6.07, 6.45) is 0. The molecule has 2 nitrogen and oxygen atoms in total. The summed E-state index contributed by atoms with van der Waals surface area (Å²) in [6.45, 7) is 4.75. The van der Waals surface area contributed by atoms with Gasteiger partial charge in [0, 0.05) is 10.4 Å². The van der Waals surface area contributed by atoms with Gasteiger partial charge in [0.1, 0.15) is 0 Å². The highest BCUT2D eigenvalue weighted by molar-refractivity contribution is 7.21. The van der Waals surface area contributed by atoms with Crippen molar-refractivity contribution in [2.75, 3.05) is 12.3 Å². The average molecular weight is 207 g/mol. The molecule has 0 saturated heterocycles. The Labute approximate surface area is 87.3 Å². The first-order chi connectivity index (χ1) is 6.72. The number of aryl methyl sites for hydroxylation is 1. The highest BCUT2D eigenvalue weighted by Crippen LogP contribution is 2.35. The Bertz CT molecular complexity index is 462. The number of ether oxygens (including phenoxy) is 1. The lowest BCUT2D eigenvalue weighted by atomic mass is 10.1. The number of thiophene rings is 1. The molecule has 0 saturated carbocycles. The van der Waals surface area contributed by atoms with Gasteiger partial charge in [-0.15, -0.1) is 0 Å². The second kappa shape index (κ2) is 3.50. The smallest absolute Gasteiger partial charge is 0.174 e. The van der Waals surface area contributed by atoms with E-state index >= 15 is 0 Å². The van der Waals surface area contributed by atoms with Crippen molar-refractivity contribution in [1.82, 2.24) is 0 Å². The van der Waals surface area contributed by atoms with Gasteiger partial charge in [0.2, 0.25) is 0 Å². The van der Waals surface area contributed by atoms with E-state index in [9.17, 15) is 0 Å². The van der Waals surface area contributed by atoms with Crippen LogP contribution in [0.1, 0.15) is 12.5 Å². The van der Waals surface area contributed by atoms with Crippen LogP contribution in [0.2, 0.25) is 0 Å². The summed E-state index contributed by atoms with van der Waals surface area (Å²) >= 11 is 1.66. The van der Waals surface area contributed by atoms with Gasteiger partial charge in [0.05, 0.1) is 6.61 Å². The van der Waals surface area contributed by atoms with E-state index in [0.717, 1.165) is 16.3 Å². The molecule has 14 heavy (non-hydrogen) atoms. The average Bonchev–Trinajstić information content (AvgIpc) is 2.56. The third kappa shape index (κ3) is 1.44. The van der Waals surface area contributed by atoms with Crippen LogP contribution in [0.3, 0.4) is 0 Å². The zero-order chi connectivity index (χ0) is 10.1. The van der Waals surface area contributed by atoms with Crippen LogP contribution in [0.4, 0.5) is 5.69 Å². The molecule has 2 rings (SSSR count). The summed E-state index contributed by atoms with van der Waals surface area (Å²) in [4.78, 5) is 0. The topological polar surface area (TPSA) is 35.2 Å². The standard InChI is InChI=1S/C11H13NOS/c1-3-13-10-6-8-4-5-9(12)7(2)11(8)14-10/h4-6H,3,12H2,1-2H3. The fourth-order valence-corrected chi connectivity index (χ4v) is 2.53. The molecule has 0 spiro atoms. The molecule has 0 unspecified atom stereocenters. The molecule has 0 bridgehead atoms. The van der Waals surface area contributed by atoms with Gasteiger partial charge in [0.25, 0.3) is 0 Å². The predicted molar refractivity (Wildman–Crippen MR) is 62.1 cm³/mol. The molecule has 0 fully saturated rings. The van der Waals surface area contributed by atoms with E-state index in [1.54, 1.807) is 11.3 Å². The SMILES string of the molecule is CCOc1cc2ccc(N)c(C)c2s1. The molecule has 0 atom stereocenters. The molecular formula is C11H13NOS. The van der Waals surface area contributed by atoms with Crippen molar-refractivity contribution in [2.24, 2.45) is 0 Å². The van der Waals surface area contributed by atoms with Gasteiger partial charge < -0.3 is 10.5 Å². The third-order valence-corrected chi connectivity index (χ3v) is 3.42. The van der Waals surface area contributed by atoms with Gasteiger partial charge in [-0.1, -0.05) is 17.4 Å². The lowest BCUT2D eigenvalue weighted by Crippen LogP contribution is -1.87. The van der Waals surface area contributed by atoms with Crippen LogP contribution in [0, 0.1) is 6.92 Å². The third-order valence-electron chi connectivity index (χ3n) is 2.24. The first kappa shape index (κ1) is 9.34. The molecular weight excluding hydrogens is 194 g/mol. The summed E-state index contributed by atoms with van der Waals surface area (Å²) in [7, 11) is 0. The lowest BCUT2D eigenvalue weighted by Gasteiger charge is -1.99. The maximum atomic E-state index is 5.83. The van der Waals surface area contributed by atoms with Crippen LogP contribution in [0.5, 0.6) is 5.06 Å². The maximum absolute atomic E-state index is 5.83. The van der Waals surface area contributed by atoms with Gasteiger partial charge in [-0.3, -0.25) is 0 Å². The molecule has 0 aliphatic heterocycles. The highest BCUT2D eigenvalue weighted by atomic mass is 32.1. The Hall–Kier alpha value is -1.22. The quantitative estimate of drug-likeness (QED) is 0.767. The molecule has 0 aliphatic carbocycles. The number of nitrogens with two attached hydrogens (primary N) is 1. The van der Waals surface area contributed by atoms with E-state index in [-0.39, 0.29) is 0 Å². The van der Waals surface area contributed by atoms with Crippen molar-refractivity contribution >= 4 is 27.1 Å². The van der Waals surface area contributed by atoms with Gasteiger partial charge in [-0.25, -0.2) is 0 Å². The number of anilines is 1. The first-order valence-corrected chi connectivity index (χ1v) is 5.45. The molecule has 0 aliphatic rings. The first-order valence-electron chi connectivity index (χ1n) is 4.63. The molecule has 1 aromatic heterocycles. The van der Waals surface area contributed by atoms with E-state index in [4.69, 9.17) is 10.5 Å². The number of hydrogen-bond donors (Lipinski definition) is 1. The largest absolute Gasteiger partial charge is 0.484 e. The normalized spacial score (nSPS) is 10.7. The number of rotatable bonds is 2. The van der Waals surface area contributed by atoms with Gasteiger partial charge in [-0.2, -0.15) is 0 Å². The van der Waals surface area contributed by atoms with Gasteiger partial charge in [-0.05, 0) is 36.9 Å². The molecule has 1 aromatic carbocycles. The molecule has 2 aromatic rings. The second-order valence-corrected chi connectivity index (χ2v) is 4.21. The van der Waals surface area contributed by atoms with Crippen LogP contribution in [-0.4, -0.2) is 6.61 Å². The van der Waals surface area contributed by atoms with Crippen LogP contribution in [0.25, 0.3) is 10.1 Å². The molecule has 2 N–H and O–H groups in total. The summed E-state index contributed by atoms with van der Waals surface area (Å²) < 4.78 is 6.69. The van der Waals surface area contributed by atoms with Crippen molar-refractivity contribution < 1.29 is 4.74 Å². The number of fused-ring (bicyclic) bond motifs is 1. The van der Waals surface area contributed by atoms with Crippen molar-refractivity contribution in [3.63, 3.8) is 0 Å². The number of hydrogen-bond acceptors (Lipinski definition) is 3. The fraction of sp³-hybridized carbons (Fsp3) is 0.273. The van der Waals surface area contributed by atoms with Crippen molar-refractivity contribution in [1.29, 1.82) is 0 Å². The van der Waals surface area contributed by atoms with E-state index in [0.29, 0.717) is 6.61 Å². The van der Waals surface area contributed by atoms with Crippen LogP contribution >= 0.6 is 11.3 Å². The van der Waals surface area contributed by atoms with Crippen LogP contribution < -0.4 is 10.5 Å². The predicted octanol–water partition coefficient (Wildman–Crippen LogP) is 3.19. The minimum atomic E-state index is 0.710.